The molecule has 0 unspecified atom stereocenters. The quantitative estimate of drug-likeness (QED) is 0.842. The minimum atomic E-state index is -0.149. The van der Waals surface area contributed by atoms with Crippen molar-refractivity contribution in [1.29, 1.82) is 0 Å². The minimum Gasteiger partial charge on any atom is -0.492 e. The average molecular weight is 323 g/mol. The topological polar surface area (TPSA) is 58.6 Å². The Kier molecular flexibility index (Phi) is 6.32. The fourth-order valence-corrected chi connectivity index (χ4v) is 1.93. The molecule has 0 heterocycles. The van der Waals surface area contributed by atoms with E-state index in [2.05, 4.69) is 21.2 Å². The number of ether oxygens (including phenoxy) is 1. The van der Waals surface area contributed by atoms with Gasteiger partial charge in [-0.15, -0.1) is 0 Å². The van der Waals surface area contributed by atoms with Gasteiger partial charge in [0.05, 0.1) is 24.1 Å². The Hall–Kier alpha value is -0.780. The number of carbonyl (C=O) groups is 1. The van der Waals surface area contributed by atoms with E-state index in [1.165, 1.54) is 0 Å². The number of carbonyl (C=O) groups excluding carboxylic acids is 1. The third-order valence-corrected chi connectivity index (χ3v) is 2.77. The molecular formula is C11H13BrClNO3. The van der Waals surface area contributed by atoms with Crippen LogP contribution in [0.25, 0.3) is 0 Å². The van der Waals surface area contributed by atoms with E-state index in [-0.39, 0.29) is 32.1 Å². The smallest absolute Gasteiger partial charge is 0.223 e. The monoisotopic (exact) mass is 321 g/mol. The number of amides is 1. The SMILES string of the molecule is O=C(CCOc1ccc(Cl)cc1Br)NCCO. The molecule has 1 aromatic rings. The zero-order valence-corrected chi connectivity index (χ0v) is 11.4. The van der Waals surface area contributed by atoms with Crippen LogP contribution in [0.2, 0.25) is 5.02 Å². The number of halogens is 2. The lowest BCUT2D eigenvalue weighted by Gasteiger charge is -2.08. The minimum absolute atomic E-state index is 0.0602. The van der Waals surface area contributed by atoms with Gasteiger partial charge in [-0.3, -0.25) is 4.79 Å². The summed E-state index contributed by atoms with van der Waals surface area (Å²) in [6.45, 7) is 0.482. The predicted octanol–water partition coefficient (Wildman–Crippen LogP) is 1.98. The molecule has 1 aromatic carbocycles. The van der Waals surface area contributed by atoms with Crippen LogP contribution in [0.15, 0.2) is 22.7 Å². The highest BCUT2D eigenvalue weighted by atomic mass is 79.9. The maximum absolute atomic E-state index is 11.2. The van der Waals surface area contributed by atoms with E-state index in [0.29, 0.717) is 10.8 Å². The van der Waals surface area contributed by atoms with Crippen LogP contribution in [-0.4, -0.2) is 30.8 Å². The number of aliphatic hydroxyl groups is 1. The number of benzene rings is 1. The van der Waals surface area contributed by atoms with E-state index in [1.807, 2.05) is 0 Å². The van der Waals surface area contributed by atoms with Crippen LogP contribution in [0.3, 0.4) is 0 Å². The van der Waals surface area contributed by atoms with E-state index in [4.69, 9.17) is 21.4 Å². The molecule has 0 aromatic heterocycles. The second-order valence-electron chi connectivity index (χ2n) is 3.25. The molecule has 0 bridgehead atoms. The van der Waals surface area contributed by atoms with E-state index >= 15 is 0 Å². The van der Waals surface area contributed by atoms with E-state index < -0.39 is 0 Å². The number of nitrogens with one attached hydrogen (secondary N) is 1. The molecule has 0 fully saturated rings. The van der Waals surface area contributed by atoms with Crippen molar-refractivity contribution in [3.8, 4) is 5.75 Å². The number of aliphatic hydroxyl groups excluding tert-OH is 1. The Morgan fingerprint density at radius 2 is 2.29 bits per heavy atom. The molecule has 0 saturated heterocycles. The van der Waals surface area contributed by atoms with Crippen LogP contribution >= 0.6 is 27.5 Å². The molecule has 0 aliphatic heterocycles. The van der Waals surface area contributed by atoms with Gasteiger partial charge in [0, 0.05) is 11.6 Å². The number of hydrogen-bond acceptors (Lipinski definition) is 3. The molecular weight excluding hydrogens is 309 g/mol. The van der Waals surface area contributed by atoms with Gasteiger partial charge in [-0.05, 0) is 34.1 Å². The summed E-state index contributed by atoms with van der Waals surface area (Å²) in [4.78, 5) is 11.2. The van der Waals surface area contributed by atoms with Crippen molar-refractivity contribution in [3.05, 3.63) is 27.7 Å². The first-order chi connectivity index (χ1) is 8.13. The van der Waals surface area contributed by atoms with Crippen LogP contribution in [0, 0.1) is 0 Å². The molecule has 0 spiro atoms. The molecule has 0 aliphatic rings. The second kappa shape index (κ2) is 7.53. The highest BCUT2D eigenvalue weighted by Crippen LogP contribution is 2.27. The van der Waals surface area contributed by atoms with E-state index in [9.17, 15) is 4.79 Å². The van der Waals surface area contributed by atoms with Gasteiger partial charge in [-0.1, -0.05) is 11.6 Å². The molecule has 0 radical (unpaired) electrons. The fourth-order valence-electron chi connectivity index (χ4n) is 1.13. The van der Waals surface area contributed by atoms with Crippen molar-refractivity contribution < 1.29 is 14.6 Å². The average Bonchev–Trinajstić information content (AvgIpc) is 2.29. The highest BCUT2D eigenvalue weighted by molar-refractivity contribution is 9.10. The van der Waals surface area contributed by atoms with Gasteiger partial charge in [0.1, 0.15) is 5.75 Å². The Labute approximate surface area is 113 Å². The maximum atomic E-state index is 11.2. The lowest BCUT2D eigenvalue weighted by Crippen LogP contribution is -2.27. The summed E-state index contributed by atoms with van der Waals surface area (Å²) in [5, 5.41) is 11.7. The second-order valence-corrected chi connectivity index (χ2v) is 4.54. The normalized spacial score (nSPS) is 10.1. The summed E-state index contributed by atoms with van der Waals surface area (Å²) in [5.74, 6) is 0.494. The molecule has 2 N–H and O–H groups in total. The Balaban J connectivity index is 2.33. The van der Waals surface area contributed by atoms with Crippen LogP contribution in [0.4, 0.5) is 0 Å². The molecule has 0 aliphatic carbocycles. The zero-order chi connectivity index (χ0) is 12.7. The molecule has 6 heteroatoms. The van der Waals surface area contributed by atoms with E-state index in [0.717, 1.165) is 4.47 Å². The van der Waals surface area contributed by atoms with Crippen molar-refractivity contribution in [2.24, 2.45) is 0 Å². The van der Waals surface area contributed by atoms with Crippen LogP contribution in [-0.2, 0) is 4.79 Å². The predicted molar refractivity (Wildman–Crippen MR) is 69.4 cm³/mol. The Morgan fingerprint density at radius 1 is 1.53 bits per heavy atom. The standard InChI is InChI=1S/C11H13BrClNO3/c12-9-7-8(13)1-2-10(9)17-6-3-11(16)14-4-5-15/h1-2,7,15H,3-6H2,(H,14,16). The largest absolute Gasteiger partial charge is 0.492 e. The van der Waals surface area contributed by atoms with Gasteiger partial charge >= 0.3 is 0 Å². The lowest BCUT2D eigenvalue weighted by molar-refractivity contribution is -0.121. The molecule has 17 heavy (non-hydrogen) atoms. The van der Waals surface area contributed by atoms with Crippen molar-refractivity contribution >= 4 is 33.4 Å². The number of rotatable bonds is 6. The molecule has 94 valence electrons. The summed E-state index contributed by atoms with van der Waals surface area (Å²) < 4.78 is 6.16. The van der Waals surface area contributed by atoms with Crippen LogP contribution in [0.5, 0.6) is 5.75 Å². The van der Waals surface area contributed by atoms with Crippen molar-refractivity contribution in [2.75, 3.05) is 19.8 Å². The van der Waals surface area contributed by atoms with Crippen LogP contribution < -0.4 is 10.1 Å². The molecule has 0 atom stereocenters. The zero-order valence-electron chi connectivity index (χ0n) is 9.08. The van der Waals surface area contributed by atoms with Crippen molar-refractivity contribution in [3.63, 3.8) is 0 Å². The maximum Gasteiger partial charge on any atom is 0.223 e. The van der Waals surface area contributed by atoms with Crippen LogP contribution in [0.1, 0.15) is 6.42 Å². The summed E-state index contributed by atoms with van der Waals surface area (Å²) in [6.07, 6.45) is 0.245. The summed E-state index contributed by atoms with van der Waals surface area (Å²) >= 11 is 9.10. The first-order valence-electron chi connectivity index (χ1n) is 5.09. The highest BCUT2D eigenvalue weighted by Gasteiger charge is 2.04. The van der Waals surface area contributed by atoms with Gasteiger partial charge in [-0.2, -0.15) is 0 Å². The molecule has 1 rings (SSSR count). The Morgan fingerprint density at radius 3 is 2.94 bits per heavy atom. The van der Waals surface area contributed by atoms with Crippen molar-refractivity contribution in [1.82, 2.24) is 5.32 Å². The molecule has 0 saturated carbocycles. The van der Waals surface area contributed by atoms with E-state index in [1.54, 1.807) is 18.2 Å². The number of hydrogen-bond donors (Lipinski definition) is 2. The lowest BCUT2D eigenvalue weighted by atomic mass is 10.3. The fraction of sp³-hybridized carbons (Fsp3) is 0.364. The van der Waals surface area contributed by atoms with Gasteiger partial charge in [0.25, 0.3) is 0 Å². The molecule has 4 nitrogen and oxygen atoms in total. The third kappa shape index (κ3) is 5.39. The third-order valence-electron chi connectivity index (χ3n) is 1.91. The summed E-state index contributed by atoms with van der Waals surface area (Å²) in [6, 6.07) is 5.17. The van der Waals surface area contributed by atoms with Crippen molar-refractivity contribution in [2.45, 2.75) is 6.42 Å². The summed E-state index contributed by atoms with van der Waals surface area (Å²) in [7, 11) is 0. The molecule has 1 amide bonds. The first-order valence-corrected chi connectivity index (χ1v) is 6.26. The van der Waals surface area contributed by atoms with Gasteiger partial charge < -0.3 is 15.2 Å². The van der Waals surface area contributed by atoms with Gasteiger partial charge in [0.15, 0.2) is 0 Å². The summed E-state index contributed by atoms with van der Waals surface area (Å²) in [5.41, 5.74) is 0. The van der Waals surface area contributed by atoms with Gasteiger partial charge in [-0.25, -0.2) is 0 Å². The Bertz CT molecular complexity index is 387. The first kappa shape index (κ1) is 14.3. The van der Waals surface area contributed by atoms with Gasteiger partial charge in [0.2, 0.25) is 5.91 Å².